The summed E-state index contributed by atoms with van der Waals surface area (Å²) in [5.74, 6) is 0.773. The van der Waals surface area contributed by atoms with Crippen LogP contribution in [0.2, 0.25) is 0 Å². The van der Waals surface area contributed by atoms with Crippen molar-refractivity contribution >= 4 is 0 Å². The van der Waals surface area contributed by atoms with Gasteiger partial charge in [0.05, 0.1) is 33.0 Å². The summed E-state index contributed by atoms with van der Waals surface area (Å²) in [6.07, 6.45) is 4.67. The standard InChI is InChI=1S/C16H33NO4/c1-2-3-7-18-11-13-21-14-12-20-10-6-17-15-16-4-8-19-9-5-16/h16-17H,2-15H2,1H3. The van der Waals surface area contributed by atoms with Crippen LogP contribution in [0.15, 0.2) is 0 Å². The highest BCUT2D eigenvalue weighted by Crippen LogP contribution is 2.12. The van der Waals surface area contributed by atoms with Crippen LogP contribution < -0.4 is 5.32 Å². The molecule has 0 radical (unpaired) electrons. The molecule has 0 unspecified atom stereocenters. The van der Waals surface area contributed by atoms with Crippen LogP contribution in [0.3, 0.4) is 0 Å². The van der Waals surface area contributed by atoms with Gasteiger partial charge in [0.2, 0.25) is 0 Å². The molecule has 1 aliphatic heterocycles. The van der Waals surface area contributed by atoms with Gasteiger partial charge in [-0.1, -0.05) is 13.3 Å². The molecule has 0 aromatic rings. The predicted molar refractivity (Wildman–Crippen MR) is 83.8 cm³/mol. The van der Waals surface area contributed by atoms with E-state index in [1.54, 1.807) is 0 Å². The molecule has 5 nitrogen and oxygen atoms in total. The summed E-state index contributed by atoms with van der Waals surface area (Å²) in [4.78, 5) is 0. The number of hydrogen-bond acceptors (Lipinski definition) is 5. The fourth-order valence-electron chi connectivity index (χ4n) is 2.19. The Labute approximate surface area is 129 Å². The third kappa shape index (κ3) is 12.1. The maximum atomic E-state index is 5.52. The molecule has 0 aromatic carbocycles. The summed E-state index contributed by atoms with van der Waals surface area (Å²) in [5.41, 5.74) is 0. The second-order valence-corrected chi connectivity index (χ2v) is 5.45. The molecule has 0 aliphatic carbocycles. The van der Waals surface area contributed by atoms with Gasteiger partial charge < -0.3 is 24.3 Å². The largest absolute Gasteiger partial charge is 0.381 e. The minimum absolute atomic E-state index is 0.650. The van der Waals surface area contributed by atoms with E-state index in [1.807, 2.05) is 0 Å². The highest BCUT2D eigenvalue weighted by atomic mass is 16.5. The van der Waals surface area contributed by atoms with Crippen molar-refractivity contribution in [2.24, 2.45) is 5.92 Å². The van der Waals surface area contributed by atoms with Gasteiger partial charge in [-0.15, -0.1) is 0 Å². The molecular formula is C16H33NO4. The van der Waals surface area contributed by atoms with Crippen molar-refractivity contribution in [3.8, 4) is 0 Å². The lowest BCUT2D eigenvalue weighted by molar-refractivity contribution is 0.0143. The highest BCUT2D eigenvalue weighted by Gasteiger charge is 2.12. The number of hydrogen-bond donors (Lipinski definition) is 1. The van der Waals surface area contributed by atoms with Crippen molar-refractivity contribution in [1.29, 1.82) is 0 Å². The molecule has 1 aliphatic rings. The number of ether oxygens (including phenoxy) is 4. The number of nitrogens with one attached hydrogen (secondary N) is 1. The summed E-state index contributed by atoms with van der Waals surface area (Å²) in [5, 5.41) is 3.44. The van der Waals surface area contributed by atoms with Crippen molar-refractivity contribution in [3.05, 3.63) is 0 Å². The lowest BCUT2D eigenvalue weighted by Crippen LogP contribution is -2.30. The summed E-state index contributed by atoms with van der Waals surface area (Å²) in [6.45, 7) is 10.2. The first-order valence-electron chi connectivity index (χ1n) is 8.45. The van der Waals surface area contributed by atoms with Crippen LogP contribution in [0, 0.1) is 5.92 Å². The summed E-state index contributed by atoms with van der Waals surface area (Å²) in [6, 6.07) is 0. The Hall–Kier alpha value is -0.200. The second-order valence-electron chi connectivity index (χ2n) is 5.45. The van der Waals surface area contributed by atoms with Crippen molar-refractivity contribution in [3.63, 3.8) is 0 Å². The molecule has 21 heavy (non-hydrogen) atoms. The topological polar surface area (TPSA) is 49.0 Å². The van der Waals surface area contributed by atoms with E-state index in [4.69, 9.17) is 18.9 Å². The minimum atomic E-state index is 0.650. The van der Waals surface area contributed by atoms with E-state index in [1.165, 1.54) is 19.3 Å². The Balaban J connectivity index is 1.69. The van der Waals surface area contributed by atoms with Gasteiger partial charge in [-0.25, -0.2) is 0 Å². The molecule has 1 heterocycles. The Kier molecular flexibility index (Phi) is 13.2. The zero-order chi connectivity index (χ0) is 15.0. The molecule has 5 heteroatoms. The highest BCUT2D eigenvalue weighted by molar-refractivity contribution is 4.65. The van der Waals surface area contributed by atoms with Gasteiger partial charge in [0.25, 0.3) is 0 Å². The molecule has 0 bridgehead atoms. The minimum Gasteiger partial charge on any atom is -0.381 e. The van der Waals surface area contributed by atoms with E-state index in [-0.39, 0.29) is 0 Å². The molecule has 0 amide bonds. The maximum absolute atomic E-state index is 5.52. The lowest BCUT2D eigenvalue weighted by Gasteiger charge is -2.22. The van der Waals surface area contributed by atoms with E-state index < -0.39 is 0 Å². The van der Waals surface area contributed by atoms with E-state index in [9.17, 15) is 0 Å². The smallest absolute Gasteiger partial charge is 0.0701 e. The van der Waals surface area contributed by atoms with Crippen LogP contribution in [0.5, 0.6) is 0 Å². The fraction of sp³-hybridized carbons (Fsp3) is 1.00. The molecule has 0 atom stereocenters. The molecule has 0 spiro atoms. The first-order valence-corrected chi connectivity index (χ1v) is 8.45. The first-order chi connectivity index (χ1) is 10.4. The molecule has 1 fully saturated rings. The molecule has 1 N–H and O–H groups in total. The number of unbranched alkanes of at least 4 members (excludes halogenated alkanes) is 1. The monoisotopic (exact) mass is 303 g/mol. The quantitative estimate of drug-likeness (QED) is 0.496. The Morgan fingerprint density at radius 2 is 1.52 bits per heavy atom. The predicted octanol–water partition coefficient (Wildman–Crippen LogP) is 1.85. The average Bonchev–Trinajstić information content (AvgIpc) is 2.53. The van der Waals surface area contributed by atoms with Crippen LogP contribution in [0.4, 0.5) is 0 Å². The van der Waals surface area contributed by atoms with Crippen LogP contribution >= 0.6 is 0 Å². The molecule has 0 saturated carbocycles. The molecule has 1 saturated heterocycles. The van der Waals surface area contributed by atoms with Crippen molar-refractivity contribution < 1.29 is 18.9 Å². The third-order valence-corrected chi connectivity index (χ3v) is 3.58. The molecular weight excluding hydrogens is 270 g/mol. The Morgan fingerprint density at radius 1 is 0.905 bits per heavy atom. The van der Waals surface area contributed by atoms with Gasteiger partial charge in [-0.3, -0.25) is 0 Å². The van der Waals surface area contributed by atoms with Crippen molar-refractivity contribution in [2.75, 3.05) is 65.9 Å². The zero-order valence-corrected chi connectivity index (χ0v) is 13.6. The Bertz CT molecular complexity index is 210. The van der Waals surface area contributed by atoms with Crippen LogP contribution in [-0.2, 0) is 18.9 Å². The molecule has 0 aromatic heterocycles. The van der Waals surface area contributed by atoms with E-state index >= 15 is 0 Å². The van der Waals surface area contributed by atoms with Crippen LogP contribution in [0.1, 0.15) is 32.6 Å². The van der Waals surface area contributed by atoms with Crippen LogP contribution in [-0.4, -0.2) is 65.9 Å². The van der Waals surface area contributed by atoms with Crippen LogP contribution in [0.25, 0.3) is 0 Å². The third-order valence-electron chi connectivity index (χ3n) is 3.58. The number of rotatable bonds is 14. The average molecular weight is 303 g/mol. The molecule has 1 rings (SSSR count). The first kappa shape index (κ1) is 18.8. The normalized spacial score (nSPS) is 16.4. The van der Waals surface area contributed by atoms with Crippen molar-refractivity contribution in [1.82, 2.24) is 5.32 Å². The van der Waals surface area contributed by atoms with Gasteiger partial charge in [0.15, 0.2) is 0 Å². The van der Waals surface area contributed by atoms with E-state index in [0.717, 1.165) is 51.9 Å². The summed E-state index contributed by atoms with van der Waals surface area (Å²) in [7, 11) is 0. The maximum Gasteiger partial charge on any atom is 0.0701 e. The van der Waals surface area contributed by atoms with Gasteiger partial charge in [0.1, 0.15) is 0 Å². The van der Waals surface area contributed by atoms with Gasteiger partial charge in [-0.2, -0.15) is 0 Å². The SMILES string of the molecule is CCCCOCCOCCOCCNCC1CCOCC1. The lowest BCUT2D eigenvalue weighted by atomic mass is 10.0. The second kappa shape index (κ2) is 14.7. The van der Waals surface area contributed by atoms with Gasteiger partial charge in [-0.05, 0) is 31.7 Å². The molecule has 126 valence electrons. The fourth-order valence-corrected chi connectivity index (χ4v) is 2.19. The summed E-state index contributed by atoms with van der Waals surface area (Å²) >= 11 is 0. The van der Waals surface area contributed by atoms with E-state index in [2.05, 4.69) is 12.2 Å². The zero-order valence-electron chi connectivity index (χ0n) is 13.6. The van der Waals surface area contributed by atoms with Gasteiger partial charge >= 0.3 is 0 Å². The van der Waals surface area contributed by atoms with E-state index in [0.29, 0.717) is 26.4 Å². The van der Waals surface area contributed by atoms with Gasteiger partial charge in [0, 0.05) is 26.4 Å². The Morgan fingerprint density at radius 3 is 2.19 bits per heavy atom. The summed E-state index contributed by atoms with van der Waals surface area (Å²) < 4.78 is 21.7. The van der Waals surface area contributed by atoms with Crippen molar-refractivity contribution in [2.45, 2.75) is 32.6 Å².